The van der Waals surface area contributed by atoms with Crippen LogP contribution in [-0.4, -0.2) is 30.5 Å². The molecule has 0 atom stereocenters. The molecule has 9 nitrogen and oxygen atoms in total. The minimum atomic E-state index is -0.966. The maximum Gasteiger partial charge on any atom is 0.329 e. The molecule has 0 saturated carbocycles. The molecule has 0 aliphatic heterocycles. The zero-order chi connectivity index (χ0) is 25.2. The number of benzene rings is 3. The van der Waals surface area contributed by atoms with E-state index in [0.717, 1.165) is 5.56 Å². The molecule has 0 aliphatic rings. The summed E-state index contributed by atoms with van der Waals surface area (Å²) in [6.45, 7) is 2.64. The number of nitrogens with one attached hydrogen (secondary N) is 2. The van der Waals surface area contributed by atoms with Crippen molar-refractivity contribution in [3.8, 4) is 11.5 Å². The average Bonchev–Trinajstić information content (AvgIpc) is 2.84. The van der Waals surface area contributed by atoms with Crippen molar-refractivity contribution in [1.82, 2.24) is 5.43 Å². The fourth-order valence-corrected chi connectivity index (χ4v) is 3.49. The van der Waals surface area contributed by atoms with E-state index in [0.29, 0.717) is 40.4 Å². The van der Waals surface area contributed by atoms with Crippen molar-refractivity contribution in [1.29, 1.82) is 0 Å². The van der Waals surface area contributed by atoms with E-state index in [4.69, 9.17) is 15.2 Å². The zero-order valence-electron chi connectivity index (χ0n) is 18.8. The molecular weight excluding hydrogens is 516 g/mol. The Morgan fingerprint density at radius 3 is 2.37 bits per heavy atom. The first-order valence-electron chi connectivity index (χ1n) is 10.5. The molecule has 0 heterocycles. The van der Waals surface area contributed by atoms with Crippen molar-refractivity contribution < 1.29 is 23.9 Å². The van der Waals surface area contributed by atoms with E-state index >= 15 is 0 Å². The molecular formula is C25H23BrN4O5. The first-order chi connectivity index (χ1) is 16.9. The Labute approximate surface area is 210 Å². The van der Waals surface area contributed by atoms with Crippen molar-refractivity contribution in [2.24, 2.45) is 10.8 Å². The van der Waals surface area contributed by atoms with Crippen molar-refractivity contribution in [2.45, 2.75) is 13.5 Å². The number of amides is 3. The van der Waals surface area contributed by atoms with E-state index in [2.05, 4.69) is 31.8 Å². The normalized spacial score (nSPS) is 10.6. The highest BCUT2D eigenvalue weighted by Gasteiger charge is 2.14. The summed E-state index contributed by atoms with van der Waals surface area (Å²) in [4.78, 5) is 35.2. The van der Waals surface area contributed by atoms with Crippen molar-refractivity contribution in [2.75, 3.05) is 11.9 Å². The van der Waals surface area contributed by atoms with Gasteiger partial charge in [-0.2, -0.15) is 5.10 Å². The highest BCUT2D eigenvalue weighted by Crippen LogP contribution is 2.37. The van der Waals surface area contributed by atoms with Crippen LogP contribution in [0.15, 0.2) is 76.3 Å². The fraction of sp³-hybridized carbons (Fsp3) is 0.120. The molecule has 0 radical (unpaired) electrons. The molecule has 4 N–H and O–H groups in total. The Morgan fingerprint density at radius 2 is 1.71 bits per heavy atom. The number of anilines is 1. The predicted octanol–water partition coefficient (Wildman–Crippen LogP) is 3.61. The van der Waals surface area contributed by atoms with Crippen LogP contribution < -0.4 is 25.9 Å². The van der Waals surface area contributed by atoms with E-state index in [9.17, 15) is 14.4 Å². The Morgan fingerprint density at radius 1 is 1.00 bits per heavy atom. The second kappa shape index (κ2) is 12.3. The van der Waals surface area contributed by atoms with Gasteiger partial charge in [-0.15, -0.1) is 0 Å². The summed E-state index contributed by atoms with van der Waals surface area (Å²) in [5.41, 5.74) is 9.58. The average molecular weight is 539 g/mol. The SMILES string of the molecule is CCOc1cc(/C=N/NC(=O)C(=O)Nc2ccc(C(N)=O)cc2)cc(Br)c1OCc1ccccc1. The van der Waals surface area contributed by atoms with Gasteiger partial charge in [-0.3, -0.25) is 14.4 Å². The summed E-state index contributed by atoms with van der Waals surface area (Å²) >= 11 is 3.49. The molecule has 3 aromatic rings. The molecule has 10 heteroatoms. The summed E-state index contributed by atoms with van der Waals surface area (Å²) in [5.74, 6) is -1.44. The van der Waals surface area contributed by atoms with Crippen LogP contribution in [0, 0.1) is 0 Å². The van der Waals surface area contributed by atoms with Crippen LogP contribution in [0.25, 0.3) is 0 Å². The van der Waals surface area contributed by atoms with Crippen molar-refractivity contribution >= 4 is 45.6 Å². The minimum Gasteiger partial charge on any atom is -0.490 e. The third-order valence-electron chi connectivity index (χ3n) is 4.57. The van der Waals surface area contributed by atoms with Gasteiger partial charge in [-0.25, -0.2) is 5.43 Å². The molecule has 0 unspecified atom stereocenters. The molecule has 180 valence electrons. The number of carbonyl (C=O) groups is 3. The molecule has 3 aromatic carbocycles. The maximum absolute atomic E-state index is 12.1. The molecule has 3 amide bonds. The van der Waals surface area contributed by atoms with Gasteiger partial charge in [0.25, 0.3) is 0 Å². The van der Waals surface area contributed by atoms with Gasteiger partial charge < -0.3 is 20.5 Å². The number of hydrazone groups is 1. The monoisotopic (exact) mass is 538 g/mol. The number of hydrogen-bond donors (Lipinski definition) is 3. The van der Waals surface area contributed by atoms with E-state index < -0.39 is 17.7 Å². The van der Waals surface area contributed by atoms with E-state index in [-0.39, 0.29) is 5.56 Å². The molecule has 0 saturated heterocycles. The second-order valence-corrected chi connectivity index (χ2v) is 7.99. The number of nitrogens with zero attached hydrogens (tertiary/aromatic N) is 1. The van der Waals surface area contributed by atoms with Crippen LogP contribution in [-0.2, 0) is 16.2 Å². The highest BCUT2D eigenvalue weighted by molar-refractivity contribution is 9.10. The summed E-state index contributed by atoms with van der Waals surface area (Å²) in [5, 5.41) is 6.25. The first-order valence-corrected chi connectivity index (χ1v) is 11.3. The highest BCUT2D eigenvalue weighted by atomic mass is 79.9. The number of nitrogens with two attached hydrogens (primary N) is 1. The lowest BCUT2D eigenvalue weighted by Gasteiger charge is -2.14. The third-order valence-corrected chi connectivity index (χ3v) is 5.16. The Hall–Kier alpha value is -4.18. The van der Waals surface area contributed by atoms with Gasteiger partial charge in [0.2, 0.25) is 5.91 Å². The lowest BCUT2D eigenvalue weighted by atomic mass is 10.2. The summed E-state index contributed by atoms with van der Waals surface area (Å²) in [7, 11) is 0. The molecule has 35 heavy (non-hydrogen) atoms. The van der Waals surface area contributed by atoms with Gasteiger partial charge in [0.15, 0.2) is 11.5 Å². The smallest absolute Gasteiger partial charge is 0.329 e. The van der Waals surface area contributed by atoms with Crippen molar-refractivity contribution in [3.63, 3.8) is 0 Å². The maximum atomic E-state index is 12.1. The van der Waals surface area contributed by atoms with E-state index in [1.165, 1.54) is 30.5 Å². The lowest BCUT2D eigenvalue weighted by molar-refractivity contribution is -0.136. The molecule has 0 spiro atoms. The van der Waals surface area contributed by atoms with Gasteiger partial charge >= 0.3 is 11.8 Å². The standard InChI is InChI=1S/C25H23BrN4O5/c1-2-34-21-13-17(12-20(26)22(21)35-15-16-6-4-3-5-7-16)14-28-30-25(33)24(32)29-19-10-8-18(9-11-19)23(27)31/h3-14H,2,15H2,1H3,(H2,27,31)(H,29,32)(H,30,33)/b28-14+. The molecule has 0 aliphatic carbocycles. The predicted molar refractivity (Wildman–Crippen MR) is 135 cm³/mol. The Bertz CT molecular complexity index is 1230. The topological polar surface area (TPSA) is 132 Å². The van der Waals surface area contributed by atoms with Crippen LogP contribution in [0.5, 0.6) is 11.5 Å². The van der Waals surface area contributed by atoms with Crippen LogP contribution >= 0.6 is 15.9 Å². The van der Waals surface area contributed by atoms with Gasteiger partial charge in [0, 0.05) is 11.3 Å². The van der Waals surface area contributed by atoms with Crippen LogP contribution in [0.4, 0.5) is 5.69 Å². The number of rotatable bonds is 9. The van der Waals surface area contributed by atoms with E-state index in [1.54, 1.807) is 12.1 Å². The molecule has 0 fully saturated rings. The molecule has 3 rings (SSSR count). The lowest BCUT2D eigenvalue weighted by Crippen LogP contribution is -2.32. The summed E-state index contributed by atoms with van der Waals surface area (Å²) < 4.78 is 12.3. The van der Waals surface area contributed by atoms with Crippen LogP contribution in [0.3, 0.4) is 0 Å². The number of primary amides is 1. The first kappa shape index (κ1) is 25.4. The van der Waals surface area contributed by atoms with Gasteiger partial charge in [0.05, 0.1) is 17.3 Å². The Balaban J connectivity index is 1.62. The van der Waals surface area contributed by atoms with Crippen molar-refractivity contribution in [3.05, 3.63) is 87.9 Å². The van der Waals surface area contributed by atoms with Crippen LogP contribution in [0.2, 0.25) is 0 Å². The van der Waals surface area contributed by atoms with Crippen LogP contribution in [0.1, 0.15) is 28.4 Å². The second-order valence-electron chi connectivity index (χ2n) is 7.13. The number of halogens is 1. The Kier molecular flexibility index (Phi) is 8.96. The quantitative estimate of drug-likeness (QED) is 0.217. The molecule has 0 aromatic heterocycles. The van der Waals surface area contributed by atoms with E-state index in [1.807, 2.05) is 37.3 Å². The third kappa shape index (κ3) is 7.41. The van der Waals surface area contributed by atoms with Gasteiger partial charge in [-0.05, 0) is 70.4 Å². The number of hydrogen-bond acceptors (Lipinski definition) is 6. The van der Waals surface area contributed by atoms with Gasteiger partial charge in [0.1, 0.15) is 6.61 Å². The fourth-order valence-electron chi connectivity index (χ4n) is 2.92. The minimum absolute atomic E-state index is 0.283. The molecule has 0 bridgehead atoms. The number of carbonyl (C=O) groups excluding carboxylic acids is 3. The summed E-state index contributed by atoms with van der Waals surface area (Å²) in [6.07, 6.45) is 1.38. The zero-order valence-corrected chi connectivity index (χ0v) is 20.4. The number of ether oxygens (including phenoxy) is 2. The van der Waals surface area contributed by atoms with Gasteiger partial charge in [-0.1, -0.05) is 30.3 Å². The largest absolute Gasteiger partial charge is 0.490 e. The summed E-state index contributed by atoms with van der Waals surface area (Å²) in [6, 6.07) is 19.0.